The number of hydrogen-bond acceptors (Lipinski definition) is 4. The van der Waals surface area contributed by atoms with Crippen LogP contribution in [-0.2, 0) is 6.42 Å². The van der Waals surface area contributed by atoms with Gasteiger partial charge in [-0.15, -0.1) is 0 Å². The number of hydrogen-bond donors (Lipinski definition) is 1. The van der Waals surface area contributed by atoms with Crippen molar-refractivity contribution < 1.29 is 19.0 Å². The van der Waals surface area contributed by atoms with Crippen molar-refractivity contribution in [3.8, 4) is 5.75 Å². The Kier molecular flexibility index (Phi) is 4.97. The number of carbonyl (C=O) groups is 1. The number of pyridine rings is 1. The number of fused-ring (bicyclic) bond motifs is 1. The van der Waals surface area contributed by atoms with Gasteiger partial charge in [-0.2, -0.15) is 0 Å². The minimum Gasteiger partial charge on any atom is -0.469 e. The average molecular weight is 411 g/mol. The van der Waals surface area contributed by atoms with Crippen LogP contribution in [0.15, 0.2) is 24.4 Å². The van der Waals surface area contributed by atoms with Crippen molar-refractivity contribution in [1.29, 1.82) is 0 Å². The zero-order chi connectivity index (χ0) is 19.1. The molecule has 5 nitrogen and oxygen atoms in total. The first-order valence-electron chi connectivity index (χ1n) is 8.69. The molecule has 2 atom stereocenters. The predicted molar refractivity (Wildman–Crippen MR) is 98.8 cm³/mol. The van der Waals surface area contributed by atoms with Gasteiger partial charge in [0.15, 0.2) is 18.3 Å². The summed E-state index contributed by atoms with van der Waals surface area (Å²) in [6, 6.07) is 4.65. The fraction of sp³-hybridized carbons (Fsp3) is 0.368. The van der Waals surface area contributed by atoms with Crippen LogP contribution in [0.25, 0.3) is 0 Å². The minimum absolute atomic E-state index is 0.0779. The number of rotatable bonds is 3. The fourth-order valence-electron chi connectivity index (χ4n) is 3.70. The van der Waals surface area contributed by atoms with E-state index in [0.29, 0.717) is 30.0 Å². The molecule has 2 aromatic rings. The number of aromatic nitrogens is 1. The third-order valence-electron chi connectivity index (χ3n) is 5.10. The van der Waals surface area contributed by atoms with Gasteiger partial charge in [-0.1, -0.05) is 29.3 Å². The van der Waals surface area contributed by atoms with Gasteiger partial charge in [0.1, 0.15) is 5.15 Å². The molecule has 0 saturated heterocycles. The molecule has 1 aromatic heterocycles. The molecule has 1 unspecified atom stereocenters. The highest BCUT2D eigenvalue weighted by atomic mass is 35.5. The van der Waals surface area contributed by atoms with Crippen LogP contribution in [-0.4, -0.2) is 39.8 Å². The summed E-state index contributed by atoms with van der Waals surface area (Å²) in [4.78, 5) is 18.4. The van der Waals surface area contributed by atoms with E-state index in [4.69, 9.17) is 27.9 Å². The van der Waals surface area contributed by atoms with Gasteiger partial charge >= 0.3 is 0 Å². The van der Waals surface area contributed by atoms with E-state index >= 15 is 0 Å². The van der Waals surface area contributed by atoms with Gasteiger partial charge in [0.25, 0.3) is 5.91 Å². The number of aliphatic hydroxyl groups excluding tert-OH is 1. The Hall–Kier alpha value is -1.89. The second-order valence-electron chi connectivity index (χ2n) is 6.82. The second-order valence-corrected chi connectivity index (χ2v) is 7.59. The molecule has 1 saturated carbocycles. The lowest BCUT2D eigenvalue weighted by Crippen LogP contribution is -2.48. The lowest BCUT2D eigenvalue weighted by Gasteiger charge is -2.35. The highest BCUT2D eigenvalue weighted by molar-refractivity contribution is 6.32. The summed E-state index contributed by atoms with van der Waals surface area (Å²) in [5, 5.41) is 10.4. The van der Waals surface area contributed by atoms with Crippen LogP contribution < -0.4 is 4.74 Å². The minimum atomic E-state index is -0.744. The molecular weight excluding hydrogens is 394 g/mol. The summed E-state index contributed by atoms with van der Waals surface area (Å²) >= 11 is 12.0. The molecule has 2 aliphatic rings. The summed E-state index contributed by atoms with van der Waals surface area (Å²) < 4.78 is 20.3. The summed E-state index contributed by atoms with van der Waals surface area (Å²) in [6.45, 7) is -0.0960. The lowest BCUT2D eigenvalue weighted by molar-refractivity contribution is 0.0116. The van der Waals surface area contributed by atoms with Gasteiger partial charge in [-0.3, -0.25) is 9.69 Å². The zero-order valence-corrected chi connectivity index (χ0v) is 15.8. The molecule has 27 heavy (non-hydrogen) atoms. The Morgan fingerprint density at radius 1 is 1.33 bits per heavy atom. The van der Waals surface area contributed by atoms with E-state index < -0.39 is 11.9 Å². The molecule has 1 fully saturated rings. The largest absolute Gasteiger partial charge is 0.469 e. The molecule has 0 spiro atoms. The normalized spacial score (nSPS) is 21.9. The summed E-state index contributed by atoms with van der Waals surface area (Å²) in [6.07, 6.45) is 3.47. The zero-order valence-electron chi connectivity index (χ0n) is 14.3. The molecule has 4 rings (SSSR count). The molecule has 2 heterocycles. The molecular formula is C19H17Cl2FN2O3. The van der Waals surface area contributed by atoms with Crippen molar-refractivity contribution in [2.45, 2.75) is 37.8 Å². The van der Waals surface area contributed by atoms with Crippen LogP contribution in [0.3, 0.4) is 0 Å². The Labute approximate surface area is 165 Å². The highest BCUT2D eigenvalue weighted by Crippen LogP contribution is 2.38. The highest BCUT2D eigenvalue weighted by Gasteiger charge is 2.39. The van der Waals surface area contributed by atoms with E-state index in [-0.39, 0.29) is 35.0 Å². The van der Waals surface area contributed by atoms with E-state index in [1.165, 1.54) is 4.90 Å². The predicted octanol–water partition coefficient (Wildman–Crippen LogP) is 3.82. The van der Waals surface area contributed by atoms with Crippen molar-refractivity contribution in [1.82, 2.24) is 9.88 Å². The topological polar surface area (TPSA) is 62.7 Å². The number of halogens is 3. The van der Waals surface area contributed by atoms with Crippen molar-refractivity contribution in [3.05, 3.63) is 57.1 Å². The van der Waals surface area contributed by atoms with Crippen LogP contribution >= 0.6 is 23.2 Å². The van der Waals surface area contributed by atoms with E-state index in [0.717, 1.165) is 12.0 Å². The van der Waals surface area contributed by atoms with Crippen LogP contribution in [0.2, 0.25) is 10.2 Å². The van der Waals surface area contributed by atoms with Crippen molar-refractivity contribution in [2.24, 2.45) is 0 Å². The van der Waals surface area contributed by atoms with E-state index in [1.807, 2.05) is 0 Å². The number of aliphatic hydroxyl groups is 1. The van der Waals surface area contributed by atoms with Crippen LogP contribution in [0.1, 0.15) is 40.7 Å². The van der Waals surface area contributed by atoms with E-state index in [9.17, 15) is 14.3 Å². The molecule has 1 N–H and O–H groups in total. The standard InChI is InChI=1S/C19H17Cl2FN2O3/c20-15-5-4-10(8-23-15)6-11-7-12-18(17(22)16(11)21)27-9-24(19(12)26)13-2-1-3-14(13)25/h4-5,7-8,13-14,25H,1-3,6,9H2/t13?,14-/m0/s1. The number of nitrogens with zero attached hydrogens (tertiary/aromatic N) is 2. The number of benzene rings is 1. The molecule has 0 bridgehead atoms. The average Bonchev–Trinajstić information content (AvgIpc) is 3.08. The van der Waals surface area contributed by atoms with Crippen LogP contribution in [0.5, 0.6) is 5.75 Å². The van der Waals surface area contributed by atoms with Gasteiger partial charge < -0.3 is 9.84 Å². The summed E-state index contributed by atoms with van der Waals surface area (Å²) in [5.41, 5.74) is 1.37. The summed E-state index contributed by atoms with van der Waals surface area (Å²) in [5.74, 6) is -1.23. The first-order valence-corrected chi connectivity index (χ1v) is 9.44. The molecule has 142 valence electrons. The third kappa shape index (κ3) is 3.37. The van der Waals surface area contributed by atoms with Crippen molar-refractivity contribution >= 4 is 29.1 Å². The molecule has 0 radical (unpaired) electrons. The quantitative estimate of drug-likeness (QED) is 0.781. The molecule has 1 aliphatic heterocycles. The van der Waals surface area contributed by atoms with Gasteiger partial charge in [-0.25, -0.2) is 9.37 Å². The maximum absolute atomic E-state index is 14.8. The number of carbonyl (C=O) groups excluding carboxylic acids is 1. The Bertz CT molecular complexity index is 892. The van der Waals surface area contributed by atoms with Gasteiger partial charge in [0, 0.05) is 12.6 Å². The molecule has 1 aliphatic carbocycles. The first-order chi connectivity index (χ1) is 13.0. The van der Waals surface area contributed by atoms with Crippen molar-refractivity contribution in [3.63, 3.8) is 0 Å². The molecule has 1 amide bonds. The second kappa shape index (κ2) is 7.26. The molecule has 1 aromatic carbocycles. The molecule has 8 heteroatoms. The van der Waals surface area contributed by atoms with Crippen LogP contribution in [0, 0.1) is 5.82 Å². The summed E-state index contributed by atoms with van der Waals surface area (Å²) in [7, 11) is 0. The van der Waals surface area contributed by atoms with Crippen molar-refractivity contribution in [2.75, 3.05) is 6.73 Å². The Balaban J connectivity index is 1.68. The Morgan fingerprint density at radius 3 is 2.81 bits per heavy atom. The van der Waals surface area contributed by atoms with Gasteiger partial charge in [0.05, 0.1) is 22.7 Å². The maximum Gasteiger partial charge on any atom is 0.260 e. The first kappa shape index (κ1) is 18.5. The number of ether oxygens (including phenoxy) is 1. The monoisotopic (exact) mass is 410 g/mol. The Morgan fingerprint density at radius 2 is 2.15 bits per heavy atom. The van der Waals surface area contributed by atoms with Gasteiger partial charge in [-0.05, 0) is 42.5 Å². The SMILES string of the molecule is O=C1c2cc(Cc3ccc(Cl)nc3)c(Cl)c(F)c2OCN1C1CCC[C@@H]1O. The van der Waals surface area contributed by atoms with Crippen LogP contribution in [0.4, 0.5) is 4.39 Å². The third-order valence-corrected chi connectivity index (χ3v) is 5.74. The van der Waals surface area contributed by atoms with E-state index in [1.54, 1.807) is 24.4 Å². The smallest absolute Gasteiger partial charge is 0.260 e. The lowest BCUT2D eigenvalue weighted by atomic mass is 10.0. The van der Waals surface area contributed by atoms with Gasteiger partial charge in [0.2, 0.25) is 0 Å². The number of amides is 1. The maximum atomic E-state index is 14.8. The fourth-order valence-corrected chi connectivity index (χ4v) is 4.02. The van der Waals surface area contributed by atoms with E-state index in [2.05, 4.69) is 4.98 Å².